The smallest absolute Gasteiger partial charge is 0.252 e. The second kappa shape index (κ2) is 5.44. The van der Waals surface area contributed by atoms with Crippen molar-refractivity contribution in [3.8, 4) is 0 Å². The lowest BCUT2D eigenvalue weighted by Gasteiger charge is -2.32. The van der Waals surface area contributed by atoms with Crippen LogP contribution in [0.4, 0.5) is 5.69 Å². The van der Waals surface area contributed by atoms with Crippen LogP contribution in [0.25, 0.3) is 0 Å². The van der Waals surface area contributed by atoms with Gasteiger partial charge in [-0.25, -0.2) is 0 Å². The van der Waals surface area contributed by atoms with E-state index in [2.05, 4.69) is 21.2 Å². The molecule has 1 saturated heterocycles. The van der Waals surface area contributed by atoms with Gasteiger partial charge in [-0.05, 0) is 47.3 Å². The summed E-state index contributed by atoms with van der Waals surface area (Å²) in [6, 6.07) is 5.89. The van der Waals surface area contributed by atoms with E-state index in [4.69, 9.17) is 0 Å². The van der Waals surface area contributed by atoms with Gasteiger partial charge in [0.2, 0.25) is 5.91 Å². The van der Waals surface area contributed by atoms with Crippen LogP contribution < -0.4 is 10.2 Å². The maximum atomic E-state index is 13.1. The van der Waals surface area contributed by atoms with Gasteiger partial charge >= 0.3 is 0 Å². The number of hydrogen-bond donors (Lipinski definition) is 1. The SMILES string of the molecule is Cc1cccc(N2CCC(=O)NC3(CCCC3)C2=O)c1Br. The van der Waals surface area contributed by atoms with Gasteiger partial charge in [0, 0.05) is 17.4 Å². The summed E-state index contributed by atoms with van der Waals surface area (Å²) in [5.74, 6) is 0.0219. The minimum atomic E-state index is -0.684. The molecule has 112 valence electrons. The number of aryl methyl sites for hydroxylation is 1. The standard InChI is InChI=1S/C16H19BrN2O2/c1-11-5-4-6-12(14(11)17)19-10-7-13(20)18-16(15(19)21)8-2-3-9-16/h4-6H,2-3,7-10H2,1H3,(H,18,20). The topological polar surface area (TPSA) is 49.4 Å². The first-order valence-electron chi connectivity index (χ1n) is 7.42. The number of halogens is 1. The fraction of sp³-hybridized carbons (Fsp3) is 0.500. The summed E-state index contributed by atoms with van der Waals surface area (Å²) < 4.78 is 0.931. The van der Waals surface area contributed by atoms with E-state index >= 15 is 0 Å². The Morgan fingerprint density at radius 2 is 1.95 bits per heavy atom. The largest absolute Gasteiger partial charge is 0.342 e. The highest BCUT2D eigenvalue weighted by atomic mass is 79.9. The molecule has 2 amide bonds. The van der Waals surface area contributed by atoms with Crippen LogP contribution in [-0.4, -0.2) is 23.9 Å². The number of benzene rings is 1. The summed E-state index contributed by atoms with van der Waals surface area (Å²) in [5, 5.41) is 2.99. The minimum Gasteiger partial charge on any atom is -0.342 e. The number of carbonyl (C=O) groups excluding carboxylic acids is 2. The molecule has 1 aromatic carbocycles. The van der Waals surface area contributed by atoms with Crippen LogP contribution in [0.1, 0.15) is 37.7 Å². The zero-order chi connectivity index (χ0) is 15.0. The number of nitrogens with zero attached hydrogens (tertiary/aromatic N) is 1. The number of nitrogens with one attached hydrogen (secondary N) is 1. The average Bonchev–Trinajstić information content (AvgIpc) is 2.88. The van der Waals surface area contributed by atoms with E-state index in [1.54, 1.807) is 4.90 Å². The zero-order valence-corrected chi connectivity index (χ0v) is 13.7. The van der Waals surface area contributed by atoms with Crippen molar-refractivity contribution >= 4 is 33.4 Å². The molecule has 0 radical (unpaired) electrons. The van der Waals surface area contributed by atoms with Crippen LogP contribution in [0.5, 0.6) is 0 Å². The Hall–Kier alpha value is -1.36. The van der Waals surface area contributed by atoms with Crippen LogP contribution in [-0.2, 0) is 9.59 Å². The maximum absolute atomic E-state index is 13.1. The molecular formula is C16H19BrN2O2. The van der Waals surface area contributed by atoms with Crippen molar-refractivity contribution in [1.82, 2.24) is 5.32 Å². The van der Waals surface area contributed by atoms with E-state index in [9.17, 15) is 9.59 Å². The number of amides is 2. The van der Waals surface area contributed by atoms with Gasteiger partial charge in [0.05, 0.1) is 5.69 Å². The zero-order valence-electron chi connectivity index (χ0n) is 12.1. The summed E-state index contributed by atoms with van der Waals surface area (Å²) in [6.45, 7) is 2.44. The van der Waals surface area contributed by atoms with Gasteiger partial charge < -0.3 is 10.2 Å². The molecule has 0 atom stereocenters. The first kappa shape index (κ1) is 14.6. The first-order valence-corrected chi connectivity index (χ1v) is 8.21. The third-order valence-corrected chi connectivity index (χ3v) is 5.55. The Morgan fingerprint density at radius 1 is 1.24 bits per heavy atom. The molecule has 21 heavy (non-hydrogen) atoms. The van der Waals surface area contributed by atoms with Crippen LogP contribution >= 0.6 is 15.9 Å². The summed E-state index contributed by atoms with van der Waals surface area (Å²) in [5.41, 5.74) is 1.27. The molecule has 5 heteroatoms. The second-order valence-corrected chi connectivity index (χ2v) is 6.75. The van der Waals surface area contributed by atoms with Gasteiger partial charge in [0.25, 0.3) is 5.91 Å². The third kappa shape index (κ3) is 2.48. The summed E-state index contributed by atoms with van der Waals surface area (Å²) >= 11 is 3.58. The molecule has 3 rings (SSSR count). The van der Waals surface area contributed by atoms with E-state index in [1.165, 1.54) is 0 Å². The number of hydrogen-bond acceptors (Lipinski definition) is 2. The fourth-order valence-corrected chi connectivity index (χ4v) is 3.82. The lowest BCUT2D eigenvalue weighted by Crippen LogP contribution is -2.55. The van der Waals surface area contributed by atoms with Crippen LogP contribution in [0.3, 0.4) is 0 Å². The second-order valence-electron chi connectivity index (χ2n) is 5.95. The van der Waals surface area contributed by atoms with Crippen molar-refractivity contribution in [3.05, 3.63) is 28.2 Å². The maximum Gasteiger partial charge on any atom is 0.252 e. The fourth-order valence-electron chi connectivity index (χ4n) is 3.34. The molecule has 0 unspecified atom stereocenters. The molecule has 1 aromatic rings. The Bertz CT molecular complexity index is 594. The molecule has 1 spiro atoms. The van der Waals surface area contributed by atoms with E-state index in [1.807, 2.05) is 25.1 Å². The number of anilines is 1. The number of rotatable bonds is 1. The molecule has 1 heterocycles. The Labute approximate surface area is 133 Å². The summed E-state index contributed by atoms with van der Waals surface area (Å²) in [4.78, 5) is 26.9. The van der Waals surface area contributed by atoms with Crippen molar-refractivity contribution in [2.24, 2.45) is 0 Å². The van der Waals surface area contributed by atoms with E-state index in [-0.39, 0.29) is 11.8 Å². The third-order valence-electron chi connectivity index (χ3n) is 4.52. The molecular weight excluding hydrogens is 332 g/mol. The molecule has 1 saturated carbocycles. The highest BCUT2D eigenvalue weighted by Crippen LogP contribution is 2.37. The van der Waals surface area contributed by atoms with Crippen molar-refractivity contribution in [1.29, 1.82) is 0 Å². The highest BCUT2D eigenvalue weighted by Gasteiger charge is 2.47. The molecule has 0 aromatic heterocycles. The van der Waals surface area contributed by atoms with Gasteiger partial charge in [-0.3, -0.25) is 9.59 Å². The highest BCUT2D eigenvalue weighted by molar-refractivity contribution is 9.10. The quantitative estimate of drug-likeness (QED) is 0.846. The summed E-state index contributed by atoms with van der Waals surface area (Å²) in [7, 11) is 0. The van der Waals surface area contributed by atoms with Gasteiger partial charge in [0.15, 0.2) is 0 Å². The van der Waals surface area contributed by atoms with Gasteiger partial charge in [-0.1, -0.05) is 25.0 Å². The molecule has 2 aliphatic rings. The molecule has 0 bridgehead atoms. The van der Waals surface area contributed by atoms with Crippen LogP contribution in [0.15, 0.2) is 22.7 Å². The Balaban J connectivity index is 2.03. The molecule has 1 N–H and O–H groups in total. The Kier molecular flexibility index (Phi) is 3.78. The van der Waals surface area contributed by atoms with E-state index in [0.29, 0.717) is 13.0 Å². The van der Waals surface area contributed by atoms with Gasteiger partial charge in [-0.15, -0.1) is 0 Å². The lowest BCUT2D eigenvalue weighted by atomic mass is 9.95. The Morgan fingerprint density at radius 3 is 2.67 bits per heavy atom. The van der Waals surface area contributed by atoms with Crippen molar-refractivity contribution in [2.75, 3.05) is 11.4 Å². The van der Waals surface area contributed by atoms with Crippen molar-refractivity contribution in [2.45, 2.75) is 44.6 Å². The van der Waals surface area contributed by atoms with Gasteiger partial charge in [0.1, 0.15) is 5.54 Å². The van der Waals surface area contributed by atoms with Gasteiger partial charge in [-0.2, -0.15) is 0 Å². The first-order chi connectivity index (χ1) is 10.0. The minimum absolute atomic E-state index is 0.0171. The van der Waals surface area contributed by atoms with Crippen molar-refractivity contribution in [3.63, 3.8) is 0 Å². The molecule has 4 nitrogen and oxygen atoms in total. The van der Waals surface area contributed by atoms with E-state index < -0.39 is 5.54 Å². The lowest BCUT2D eigenvalue weighted by molar-refractivity contribution is -0.129. The van der Waals surface area contributed by atoms with E-state index in [0.717, 1.165) is 41.4 Å². The monoisotopic (exact) mass is 350 g/mol. The average molecular weight is 351 g/mol. The molecule has 2 fully saturated rings. The predicted octanol–water partition coefficient (Wildman–Crippen LogP) is 2.92. The van der Waals surface area contributed by atoms with Crippen molar-refractivity contribution < 1.29 is 9.59 Å². The van der Waals surface area contributed by atoms with Crippen LogP contribution in [0.2, 0.25) is 0 Å². The summed E-state index contributed by atoms with van der Waals surface area (Å²) in [6.07, 6.45) is 3.84. The molecule has 1 aliphatic heterocycles. The normalized spacial score (nSPS) is 21.5. The number of carbonyl (C=O) groups is 2. The molecule has 1 aliphatic carbocycles. The predicted molar refractivity (Wildman–Crippen MR) is 85.2 cm³/mol. The van der Waals surface area contributed by atoms with Crippen LogP contribution in [0, 0.1) is 6.92 Å².